The summed E-state index contributed by atoms with van der Waals surface area (Å²) in [4.78, 5) is 41.6. The van der Waals surface area contributed by atoms with Gasteiger partial charge in [0.1, 0.15) is 0 Å². The predicted molar refractivity (Wildman–Crippen MR) is 125 cm³/mol. The maximum atomic E-state index is 12.9. The number of urea groups is 1. The molecule has 2 aliphatic rings. The Bertz CT molecular complexity index is 782. The SMILES string of the molecule is CC(C)(C)C(=O)N1CCC(NC(=O)NC(CN2CCCCCC2=O)c2ccccc2)CC1. The molecule has 0 radical (unpaired) electrons. The van der Waals surface area contributed by atoms with Crippen LogP contribution >= 0.6 is 0 Å². The number of carbonyl (C=O) groups is 3. The molecule has 2 heterocycles. The molecular weight excluding hydrogens is 404 g/mol. The Morgan fingerprint density at radius 1 is 1.03 bits per heavy atom. The summed E-state index contributed by atoms with van der Waals surface area (Å²) in [7, 11) is 0. The monoisotopic (exact) mass is 442 g/mol. The number of piperidine rings is 1. The fourth-order valence-electron chi connectivity index (χ4n) is 4.46. The Morgan fingerprint density at radius 2 is 1.72 bits per heavy atom. The van der Waals surface area contributed by atoms with E-state index in [1.807, 2.05) is 60.9 Å². The van der Waals surface area contributed by atoms with Crippen LogP contribution in [0.4, 0.5) is 4.79 Å². The van der Waals surface area contributed by atoms with Gasteiger partial charge in [0.25, 0.3) is 0 Å². The van der Waals surface area contributed by atoms with Gasteiger partial charge in [0.15, 0.2) is 0 Å². The van der Waals surface area contributed by atoms with Gasteiger partial charge in [0.05, 0.1) is 6.04 Å². The van der Waals surface area contributed by atoms with Crippen molar-refractivity contribution < 1.29 is 14.4 Å². The van der Waals surface area contributed by atoms with Crippen LogP contribution < -0.4 is 10.6 Å². The number of benzene rings is 1. The Hall–Kier alpha value is -2.57. The first kappa shape index (κ1) is 24.1. The van der Waals surface area contributed by atoms with Gasteiger partial charge < -0.3 is 20.4 Å². The third-order valence-electron chi connectivity index (χ3n) is 6.34. The van der Waals surface area contributed by atoms with Gasteiger partial charge in [0.2, 0.25) is 11.8 Å². The molecule has 0 aromatic heterocycles. The molecule has 176 valence electrons. The second kappa shape index (κ2) is 10.8. The first-order valence-electron chi connectivity index (χ1n) is 11.9. The van der Waals surface area contributed by atoms with E-state index in [0.29, 0.717) is 26.1 Å². The van der Waals surface area contributed by atoms with E-state index in [4.69, 9.17) is 0 Å². The van der Waals surface area contributed by atoms with Crippen molar-refractivity contribution in [2.75, 3.05) is 26.2 Å². The third kappa shape index (κ3) is 6.71. The largest absolute Gasteiger partial charge is 0.342 e. The van der Waals surface area contributed by atoms with Crippen LogP contribution in [0.3, 0.4) is 0 Å². The minimum absolute atomic E-state index is 0.0373. The molecule has 1 atom stereocenters. The molecule has 3 rings (SSSR count). The summed E-state index contributed by atoms with van der Waals surface area (Å²) in [5.74, 6) is 0.327. The number of amides is 4. The van der Waals surface area contributed by atoms with Crippen molar-refractivity contribution in [1.29, 1.82) is 0 Å². The first-order chi connectivity index (χ1) is 15.2. The van der Waals surface area contributed by atoms with Gasteiger partial charge in [-0.25, -0.2) is 4.79 Å². The number of nitrogens with one attached hydrogen (secondary N) is 2. The van der Waals surface area contributed by atoms with Crippen LogP contribution in [-0.2, 0) is 9.59 Å². The highest BCUT2D eigenvalue weighted by Gasteiger charge is 2.31. The van der Waals surface area contributed by atoms with Crippen molar-refractivity contribution in [3.8, 4) is 0 Å². The van der Waals surface area contributed by atoms with Crippen molar-refractivity contribution in [2.24, 2.45) is 5.41 Å². The molecule has 7 heteroatoms. The molecule has 1 unspecified atom stereocenters. The Morgan fingerprint density at radius 3 is 2.38 bits per heavy atom. The molecule has 0 spiro atoms. The van der Waals surface area contributed by atoms with E-state index in [1.165, 1.54) is 0 Å². The average molecular weight is 443 g/mol. The Labute approximate surface area is 191 Å². The predicted octanol–water partition coefficient (Wildman–Crippen LogP) is 3.47. The zero-order chi connectivity index (χ0) is 23.1. The van der Waals surface area contributed by atoms with Crippen LogP contribution in [0, 0.1) is 5.41 Å². The lowest BCUT2D eigenvalue weighted by Gasteiger charge is -2.36. The Balaban J connectivity index is 1.57. The summed E-state index contributed by atoms with van der Waals surface area (Å²) >= 11 is 0. The second-order valence-corrected chi connectivity index (χ2v) is 10.0. The molecule has 2 saturated heterocycles. The van der Waals surface area contributed by atoms with E-state index in [9.17, 15) is 14.4 Å². The van der Waals surface area contributed by atoms with E-state index in [1.54, 1.807) is 0 Å². The fourth-order valence-corrected chi connectivity index (χ4v) is 4.46. The number of hydrogen-bond donors (Lipinski definition) is 2. The van der Waals surface area contributed by atoms with E-state index < -0.39 is 0 Å². The highest BCUT2D eigenvalue weighted by atomic mass is 16.2. The summed E-state index contributed by atoms with van der Waals surface area (Å²) in [6.45, 7) is 8.35. The third-order valence-corrected chi connectivity index (χ3v) is 6.34. The van der Waals surface area contributed by atoms with E-state index >= 15 is 0 Å². The zero-order valence-corrected chi connectivity index (χ0v) is 19.7. The van der Waals surface area contributed by atoms with Crippen LogP contribution in [-0.4, -0.2) is 59.9 Å². The number of rotatable bonds is 5. The van der Waals surface area contributed by atoms with E-state index in [-0.39, 0.29) is 35.3 Å². The van der Waals surface area contributed by atoms with Crippen molar-refractivity contribution >= 4 is 17.8 Å². The quantitative estimate of drug-likeness (QED) is 0.733. The maximum absolute atomic E-state index is 12.9. The van der Waals surface area contributed by atoms with Gasteiger partial charge >= 0.3 is 6.03 Å². The molecule has 2 fully saturated rings. The summed E-state index contributed by atoms with van der Waals surface area (Å²) in [5.41, 5.74) is 0.607. The van der Waals surface area contributed by atoms with Gasteiger partial charge in [-0.15, -0.1) is 0 Å². The molecule has 32 heavy (non-hydrogen) atoms. The first-order valence-corrected chi connectivity index (χ1v) is 11.9. The second-order valence-electron chi connectivity index (χ2n) is 10.0. The molecule has 0 bridgehead atoms. The minimum Gasteiger partial charge on any atom is -0.342 e. The molecule has 1 aromatic carbocycles. The number of carbonyl (C=O) groups excluding carboxylic acids is 3. The molecule has 2 N–H and O–H groups in total. The Kier molecular flexibility index (Phi) is 8.15. The van der Waals surface area contributed by atoms with E-state index in [2.05, 4.69) is 10.6 Å². The number of nitrogens with zero attached hydrogens (tertiary/aromatic N) is 2. The van der Waals surface area contributed by atoms with Crippen molar-refractivity contribution in [3.63, 3.8) is 0 Å². The molecule has 0 aliphatic carbocycles. The van der Waals surface area contributed by atoms with Crippen molar-refractivity contribution in [2.45, 2.75) is 71.4 Å². The summed E-state index contributed by atoms with van der Waals surface area (Å²) < 4.78 is 0. The highest BCUT2D eigenvalue weighted by molar-refractivity contribution is 5.81. The van der Waals surface area contributed by atoms with E-state index in [0.717, 1.165) is 44.2 Å². The zero-order valence-electron chi connectivity index (χ0n) is 19.7. The summed E-state index contributed by atoms with van der Waals surface area (Å²) in [6.07, 6.45) is 5.09. The van der Waals surface area contributed by atoms with Gasteiger partial charge in [-0.1, -0.05) is 57.5 Å². The number of hydrogen-bond acceptors (Lipinski definition) is 3. The van der Waals surface area contributed by atoms with Crippen LogP contribution in [0.1, 0.15) is 70.9 Å². The van der Waals surface area contributed by atoms with Crippen LogP contribution in [0.5, 0.6) is 0 Å². The lowest BCUT2D eigenvalue weighted by Crippen LogP contribution is -2.52. The lowest BCUT2D eigenvalue weighted by molar-refractivity contribution is -0.140. The highest BCUT2D eigenvalue weighted by Crippen LogP contribution is 2.22. The molecule has 7 nitrogen and oxygen atoms in total. The van der Waals surface area contributed by atoms with Crippen molar-refractivity contribution in [1.82, 2.24) is 20.4 Å². The fraction of sp³-hybridized carbons (Fsp3) is 0.640. The number of likely N-dealkylation sites (tertiary alicyclic amines) is 2. The van der Waals surface area contributed by atoms with Crippen LogP contribution in [0.2, 0.25) is 0 Å². The lowest BCUT2D eigenvalue weighted by atomic mass is 9.93. The summed E-state index contributed by atoms with van der Waals surface area (Å²) in [5, 5.41) is 6.19. The molecule has 0 saturated carbocycles. The molecule has 4 amide bonds. The van der Waals surface area contributed by atoms with Gasteiger partial charge in [-0.05, 0) is 31.2 Å². The van der Waals surface area contributed by atoms with Crippen molar-refractivity contribution in [3.05, 3.63) is 35.9 Å². The topological polar surface area (TPSA) is 81.8 Å². The standard InChI is InChI=1S/C25H38N4O3/c1-25(2,3)23(31)28-16-13-20(14-17-28)26-24(32)27-21(19-10-6-4-7-11-19)18-29-15-9-5-8-12-22(29)30/h4,6-7,10-11,20-21H,5,8-9,12-18H2,1-3H3,(H2,26,27,32). The van der Waals surface area contributed by atoms with Gasteiger partial charge in [0, 0.05) is 44.1 Å². The smallest absolute Gasteiger partial charge is 0.315 e. The van der Waals surface area contributed by atoms with Crippen LogP contribution in [0.15, 0.2) is 30.3 Å². The average Bonchev–Trinajstić information content (AvgIpc) is 2.97. The summed E-state index contributed by atoms with van der Waals surface area (Å²) in [6, 6.07) is 9.39. The minimum atomic E-state index is -0.384. The molecule has 1 aromatic rings. The van der Waals surface area contributed by atoms with Gasteiger partial charge in [-0.3, -0.25) is 9.59 Å². The van der Waals surface area contributed by atoms with Crippen LogP contribution in [0.25, 0.3) is 0 Å². The molecular formula is C25H38N4O3. The van der Waals surface area contributed by atoms with Gasteiger partial charge in [-0.2, -0.15) is 0 Å². The normalized spacial score (nSPS) is 19.3. The molecule has 2 aliphatic heterocycles. The maximum Gasteiger partial charge on any atom is 0.315 e.